The Bertz CT molecular complexity index is 1160. The van der Waals surface area contributed by atoms with Crippen molar-refractivity contribution in [1.29, 1.82) is 0 Å². The number of benzene rings is 3. The molecule has 0 spiro atoms. The van der Waals surface area contributed by atoms with Crippen LogP contribution in [0.1, 0.15) is 28.4 Å². The Morgan fingerprint density at radius 2 is 1.71 bits per heavy atom. The molecule has 0 atom stereocenters. The van der Waals surface area contributed by atoms with Crippen LogP contribution in [0.25, 0.3) is 0 Å². The summed E-state index contributed by atoms with van der Waals surface area (Å²) in [5.74, 6) is 0.713. The van der Waals surface area contributed by atoms with E-state index >= 15 is 0 Å². The standard InChI is InChI=1S/C27H29IN4O2/c1-20(23-6-5-7-24(28)18-23)29-30-27(33)22-12-10-21(11-13-22)19-31-14-16-32(17-15-31)25-8-3-4-9-26(25)34-2/h3-13,18H,14-17,19H2,1-2H3,(H,30,33)/b29-20-. The molecule has 1 fully saturated rings. The Morgan fingerprint density at radius 3 is 2.41 bits per heavy atom. The van der Waals surface area contributed by atoms with Gasteiger partial charge in [0.1, 0.15) is 5.75 Å². The quantitative estimate of drug-likeness (QED) is 0.254. The summed E-state index contributed by atoms with van der Waals surface area (Å²) in [6, 6.07) is 24.0. The van der Waals surface area contributed by atoms with Crippen LogP contribution >= 0.6 is 22.6 Å². The summed E-state index contributed by atoms with van der Waals surface area (Å²) >= 11 is 2.27. The molecular weight excluding hydrogens is 539 g/mol. The lowest BCUT2D eigenvalue weighted by Crippen LogP contribution is -2.46. The first-order chi connectivity index (χ1) is 16.5. The molecule has 34 heavy (non-hydrogen) atoms. The van der Waals surface area contributed by atoms with Gasteiger partial charge in [0.2, 0.25) is 0 Å². The number of hydrogen-bond donors (Lipinski definition) is 1. The minimum Gasteiger partial charge on any atom is -0.495 e. The van der Waals surface area contributed by atoms with Crippen LogP contribution in [0.3, 0.4) is 0 Å². The van der Waals surface area contributed by atoms with E-state index in [0.29, 0.717) is 5.56 Å². The van der Waals surface area contributed by atoms with Gasteiger partial charge in [-0.1, -0.05) is 36.4 Å². The zero-order valence-electron chi connectivity index (χ0n) is 19.5. The van der Waals surface area contributed by atoms with Crippen LogP contribution in [0.15, 0.2) is 77.9 Å². The second-order valence-electron chi connectivity index (χ2n) is 8.28. The highest BCUT2D eigenvalue weighted by atomic mass is 127. The fourth-order valence-electron chi connectivity index (χ4n) is 4.03. The molecule has 0 saturated carbocycles. The summed E-state index contributed by atoms with van der Waals surface area (Å²) in [5, 5.41) is 4.26. The highest BCUT2D eigenvalue weighted by Gasteiger charge is 2.19. The lowest BCUT2D eigenvalue weighted by molar-refractivity contribution is 0.0955. The highest BCUT2D eigenvalue weighted by Crippen LogP contribution is 2.28. The molecule has 0 radical (unpaired) electrons. The van der Waals surface area contributed by atoms with E-state index in [-0.39, 0.29) is 5.91 Å². The van der Waals surface area contributed by atoms with E-state index in [4.69, 9.17) is 4.74 Å². The van der Waals surface area contributed by atoms with E-state index in [9.17, 15) is 4.79 Å². The monoisotopic (exact) mass is 568 g/mol. The van der Waals surface area contributed by atoms with Gasteiger partial charge in [-0.2, -0.15) is 5.10 Å². The summed E-state index contributed by atoms with van der Waals surface area (Å²) in [4.78, 5) is 17.3. The third-order valence-corrected chi connectivity index (χ3v) is 6.66. The van der Waals surface area contributed by atoms with Crippen LogP contribution in [0, 0.1) is 3.57 Å². The number of para-hydroxylation sites is 2. The van der Waals surface area contributed by atoms with Gasteiger partial charge in [0.25, 0.3) is 5.91 Å². The average Bonchev–Trinajstić information content (AvgIpc) is 2.88. The molecule has 1 aliphatic heterocycles. The molecule has 1 heterocycles. The second kappa shape index (κ2) is 11.5. The topological polar surface area (TPSA) is 57.2 Å². The van der Waals surface area contributed by atoms with Crippen LogP contribution in [0.5, 0.6) is 5.75 Å². The Labute approximate surface area is 214 Å². The molecule has 3 aromatic rings. The van der Waals surface area contributed by atoms with Gasteiger partial charge in [0.05, 0.1) is 18.5 Å². The molecule has 0 bridgehead atoms. The fraction of sp³-hybridized carbons (Fsp3) is 0.259. The Balaban J connectivity index is 1.29. The number of hydrazone groups is 1. The number of anilines is 1. The first-order valence-corrected chi connectivity index (χ1v) is 12.4. The summed E-state index contributed by atoms with van der Waals surface area (Å²) in [6.45, 7) is 6.63. The second-order valence-corrected chi connectivity index (χ2v) is 9.53. The van der Waals surface area contributed by atoms with Gasteiger partial charge in [-0.3, -0.25) is 9.69 Å². The average molecular weight is 568 g/mol. The van der Waals surface area contributed by atoms with Crippen LogP contribution in [0.2, 0.25) is 0 Å². The number of carbonyl (C=O) groups excluding carboxylic acids is 1. The third-order valence-electron chi connectivity index (χ3n) is 5.99. The number of carbonyl (C=O) groups is 1. The SMILES string of the molecule is COc1ccccc1N1CCN(Cc2ccc(C(=O)N/N=C(/C)c3cccc(I)c3)cc2)CC1. The molecule has 176 valence electrons. The molecule has 0 aromatic heterocycles. The van der Waals surface area contributed by atoms with Crippen LogP contribution < -0.4 is 15.1 Å². The number of ether oxygens (including phenoxy) is 1. The smallest absolute Gasteiger partial charge is 0.271 e. The van der Waals surface area contributed by atoms with E-state index in [0.717, 1.165) is 59.0 Å². The van der Waals surface area contributed by atoms with Crippen LogP contribution in [0.4, 0.5) is 5.69 Å². The van der Waals surface area contributed by atoms with Gasteiger partial charge < -0.3 is 9.64 Å². The molecule has 3 aromatic carbocycles. The fourth-order valence-corrected chi connectivity index (χ4v) is 4.58. The lowest BCUT2D eigenvalue weighted by atomic mass is 10.1. The van der Waals surface area contributed by atoms with Crippen molar-refractivity contribution in [3.63, 3.8) is 0 Å². The number of rotatable bonds is 7. The third kappa shape index (κ3) is 6.15. The van der Waals surface area contributed by atoms with Crippen molar-refractivity contribution in [1.82, 2.24) is 10.3 Å². The maximum atomic E-state index is 12.5. The zero-order valence-corrected chi connectivity index (χ0v) is 21.7. The van der Waals surface area contributed by atoms with Gasteiger partial charge in [-0.25, -0.2) is 5.43 Å². The van der Waals surface area contributed by atoms with Crippen molar-refractivity contribution in [2.75, 3.05) is 38.2 Å². The predicted molar refractivity (Wildman–Crippen MR) is 146 cm³/mol. The Kier molecular flexibility index (Phi) is 8.18. The molecular formula is C27H29IN4O2. The highest BCUT2D eigenvalue weighted by molar-refractivity contribution is 14.1. The number of methoxy groups -OCH3 is 1. The minimum absolute atomic E-state index is 0.207. The molecule has 6 nitrogen and oxygen atoms in total. The number of hydrogen-bond acceptors (Lipinski definition) is 5. The number of nitrogens with one attached hydrogen (secondary N) is 1. The van der Waals surface area contributed by atoms with E-state index in [1.807, 2.05) is 67.6 Å². The molecule has 1 amide bonds. The molecule has 0 aliphatic carbocycles. The summed E-state index contributed by atoms with van der Waals surface area (Å²) < 4.78 is 6.64. The zero-order chi connectivity index (χ0) is 23.9. The number of halogens is 1. The molecule has 4 rings (SSSR count). The van der Waals surface area contributed by atoms with Crippen molar-refractivity contribution in [2.45, 2.75) is 13.5 Å². The molecule has 7 heteroatoms. The molecule has 1 aliphatic rings. The van der Waals surface area contributed by atoms with Crippen molar-refractivity contribution in [3.05, 3.63) is 93.1 Å². The first kappa shape index (κ1) is 24.2. The summed E-state index contributed by atoms with van der Waals surface area (Å²) in [6.07, 6.45) is 0. The van der Waals surface area contributed by atoms with Crippen molar-refractivity contribution < 1.29 is 9.53 Å². The maximum Gasteiger partial charge on any atom is 0.271 e. The van der Waals surface area contributed by atoms with Crippen LogP contribution in [-0.2, 0) is 6.54 Å². The Morgan fingerprint density at radius 1 is 0.971 bits per heavy atom. The van der Waals surface area contributed by atoms with E-state index in [1.54, 1.807) is 7.11 Å². The van der Waals surface area contributed by atoms with E-state index in [2.05, 4.69) is 55.1 Å². The normalized spacial score (nSPS) is 14.7. The lowest BCUT2D eigenvalue weighted by Gasteiger charge is -2.36. The number of nitrogens with zero attached hydrogens (tertiary/aromatic N) is 3. The van der Waals surface area contributed by atoms with Gasteiger partial charge in [-0.15, -0.1) is 0 Å². The van der Waals surface area contributed by atoms with E-state index < -0.39 is 0 Å². The summed E-state index contributed by atoms with van der Waals surface area (Å²) in [5.41, 5.74) is 7.38. The van der Waals surface area contributed by atoms with Crippen molar-refractivity contribution in [3.8, 4) is 5.75 Å². The first-order valence-electron chi connectivity index (χ1n) is 11.3. The predicted octanol–water partition coefficient (Wildman–Crippen LogP) is 4.78. The van der Waals surface area contributed by atoms with Crippen LogP contribution in [-0.4, -0.2) is 49.8 Å². The number of amides is 1. The number of piperazine rings is 1. The molecule has 1 saturated heterocycles. The van der Waals surface area contributed by atoms with Gasteiger partial charge in [0.15, 0.2) is 0 Å². The van der Waals surface area contributed by atoms with Crippen molar-refractivity contribution >= 4 is 39.9 Å². The minimum atomic E-state index is -0.207. The van der Waals surface area contributed by atoms with Crippen molar-refractivity contribution in [2.24, 2.45) is 5.10 Å². The van der Waals surface area contributed by atoms with Gasteiger partial charge in [0, 0.05) is 41.9 Å². The van der Waals surface area contributed by atoms with E-state index in [1.165, 1.54) is 5.56 Å². The van der Waals surface area contributed by atoms with Gasteiger partial charge in [-0.05, 0) is 77.0 Å². The summed E-state index contributed by atoms with van der Waals surface area (Å²) in [7, 11) is 1.72. The van der Waals surface area contributed by atoms with Gasteiger partial charge >= 0.3 is 0 Å². The molecule has 1 N–H and O–H groups in total. The maximum absolute atomic E-state index is 12.5. The molecule has 0 unspecified atom stereocenters. The Hall–Kier alpha value is -2.91. The largest absolute Gasteiger partial charge is 0.495 e.